The molecular weight excluding hydrogens is 148 g/mol. The van der Waals surface area contributed by atoms with E-state index in [4.69, 9.17) is 0 Å². The topological polar surface area (TPSA) is 17.8 Å². The van der Waals surface area contributed by atoms with Crippen LogP contribution < -0.4 is 0 Å². The maximum Gasteiger partial charge on any atom is 0.0524 e. The van der Waals surface area contributed by atoms with Crippen LogP contribution in [0.3, 0.4) is 0 Å². The van der Waals surface area contributed by atoms with Gasteiger partial charge < -0.3 is 0 Å². The lowest BCUT2D eigenvalue weighted by atomic mass is 9.79. The van der Waals surface area contributed by atoms with E-state index >= 15 is 0 Å². The Morgan fingerprint density at radius 1 is 1.42 bits per heavy atom. The van der Waals surface area contributed by atoms with E-state index < -0.39 is 0 Å². The average Bonchev–Trinajstić information content (AvgIpc) is 2.32. The first-order valence-corrected chi connectivity index (χ1v) is 4.40. The summed E-state index contributed by atoms with van der Waals surface area (Å²) in [7, 11) is 1.96. The van der Waals surface area contributed by atoms with Crippen molar-refractivity contribution in [2.45, 2.75) is 33.6 Å². The lowest BCUT2D eigenvalue weighted by molar-refractivity contribution is 0.339. The van der Waals surface area contributed by atoms with E-state index in [1.807, 2.05) is 17.9 Å². The Morgan fingerprint density at radius 3 is 2.33 bits per heavy atom. The van der Waals surface area contributed by atoms with Gasteiger partial charge in [-0.1, -0.05) is 27.7 Å². The Morgan fingerprint density at radius 2 is 2.00 bits per heavy atom. The maximum absolute atomic E-state index is 4.17. The molecule has 2 heteroatoms. The molecule has 1 aromatic heterocycles. The molecule has 0 fully saturated rings. The molecule has 0 aromatic carbocycles. The predicted octanol–water partition coefficient (Wildman–Crippen LogP) is 2.57. The molecule has 1 unspecified atom stereocenters. The third-order valence-electron chi connectivity index (χ3n) is 2.52. The molecule has 2 nitrogen and oxygen atoms in total. The summed E-state index contributed by atoms with van der Waals surface area (Å²) in [5.41, 5.74) is 1.65. The van der Waals surface area contributed by atoms with Crippen LogP contribution in [-0.2, 0) is 7.05 Å². The number of rotatable bonds is 1. The first-order valence-electron chi connectivity index (χ1n) is 4.40. The highest BCUT2D eigenvalue weighted by Crippen LogP contribution is 2.33. The molecule has 0 spiro atoms. The van der Waals surface area contributed by atoms with E-state index in [0.29, 0.717) is 11.3 Å². The molecular formula is C10H18N2. The van der Waals surface area contributed by atoms with Crippen molar-refractivity contribution >= 4 is 0 Å². The Hall–Kier alpha value is -0.790. The van der Waals surface area contributed by atoms with Gasteiger partial charge in [0, 0.05) is 13.2 Å². The lowest BCUT2D eigenvalue weighted by Crippen LogP contribution is -2.14. The lowest BCUT2D eigenvalue weighted by Gasteiger charge is -2.26. The zero-order chi connectivity index (χ0) is 9.35. The predicted molar refractivity (Wildman–Crippen MR) is 51.1 cm³/mol. The molecule has 0 radical (unpaired) electrons. The number of hydrogen-bond acceptors (Lipinski definition) is 1. The summed E-state index contributed by atoms with van der Waals surface area (Å²) in [5, 5.41) is 4.17. The van der Waals surface area contributed by atoms with Gasteiger partial charge in [-0.25, -0.2) is 0 Å². The summed E-state index contributed by atoms with van der Waals surface area (Å²) >= 11 is 0. The monoisotopic (exact) mass is 166 g/mol. The summed E-state index contributed by atoms with van der Waals surface area (Å²) in [4.78, 5) is 0. The van der Waals surface area contributed by atoms with Gasteiger partial charge in [-0.05, 0) is 16.9 Å². The van der Waals surface area contributed by atoms with Crippen molar-refractivity contribution in [3.8, 4) is 0 Å². The van der Waals surface area contributed by atoms with Gasteiger partial charge in [-0.3, -0.25) is 4.68 Å². The van der Waals surface area contributed by atoms with E-state index in [9.17, 15) is 0 Å². The Labute approximate surface area is 74.6 Å². The summed E-state index contributed by atoms with van der Waals surface area (Å²) < 4.78 is 1.86. The zero-order valence-electron chi connectivity index (χ0n) is 8.63. The van der Waals surface area contributed by atoms with Gasteiger partial charge in [0.05, 0.1) is 6.20 Å². The normalized spacial score (nSPS) is 14.8. The van der Waals surface area contributed by atoms with Crippen molar-refractivity contribution < 1.29 is 0 Å². The van der Waals surface area contributed by atoms with Crippen LogP contribution in [0.25, 0.3) is 0 Å². The first kappa shape index (κ1) is 9.30. The quantitative estimate of drug-likeness (QED) is 0.627. The second kappa shape index (κ2) is 2.92. The molecule has 1 atom stereocenters. The minimum atomic E-state index is 0.322. The first-order chi connectivity index (χ1) is 5.41. The van der Waals surface area contributed by atoms with E-state index in [0.717, 1.165) is 0 Å². The van der Waals surface area contributed by atoms with Crippen LogP contribution in [0.5, 0.6) is 0 Å². The molecule has 0 aliphatic carbocycles. The number of aryl methyl sites for hydroxylation is 1. The van der Waals surface area contributed by atoms with Gasteiger partial charge >= 0.3 is 0 Å². The molecule has 0 saturated heterocycles. The van der Waals surface area contributed by atoms with Gasteiger partial charge in [-0.2, -0.15) is 5.10 Å². The summed E-state index contributed by atoms with van der Waals surface area (Å²) in [6.07, 6.45) is 4.05. The molecule has 1 heterocycles. The Balaban J connectivity index is 2.85. The molecule has 1 aromatic rings. The Kier molecular flexibility index (Phi) is 2.27. The highest BCUT2D eigenvalue weighted by molar-refractivity contribution is 5.12. The minimum Gasteiger partial charge on any atom is -0.276 e. The van der Waals surface area contributed by atoms with Gasteiger partial charge in [0.15, 0.2) is 0 Å². The SMILES string of the molecule is CC(c1cnn(C)c1)C(C)(C)C. The summed E-state index contributed by atoms with van der Waals surface area (Å²) in [6.45, 7) is 9.01. The van der Waals surface area contributed by atoms with Crippen molar-refractivity contribution in [3.05, 3.63) is 18.0 Å². The van der Waals surface area contributed by atoms with Crippen LogP contribution in [0.2, 0.25) is 0 Å². The van der Waals surface area contributed by atoms with E-state index in [2.05, 4.69) is 39.0 Å². The molecule has 0 aliphatic rings. The maximum atomic E-state index is 4.17. The summed E-state index contributed by atoms with van der Waals surface area (Å²) in [6, 6.07) is 0. The molecule has 0 aliphatic heterocycles. The highest BCUT2D eigenvalue weighted by Gasteiger charge is 2.22. The van der Waals surface area contributed by atoms with Crippen molar-refractivity contribution in [1.82, 2.24) is 9.78 Å². The average molecular weight is 166 g/mol. The van der Waals surface area contributed by atoms with E-state index in [1.54, 1.807) is 0 Å². The van der Waals surface area contributed by atoms with Crippen molar-refractivity contribution in [2.24, 2.45) is 12.5 Å². The minimum absolute atomic E-state index is 0.322. The molecule has 0 bridgehead atoms. The Bertz CT molecular complexity index is 255. The van der Waals surface area contributed by atoms with Gasteiger partial charge in [0.1, 0.15) is 0 Å². The molecule has 68 valence electrons. The van der Waals surface area contributed by atoms with E-state index in [-0.39, 0.29) is 0 Å². The van der Waals surface area contributed by atoms with Gasteiger partial charge in [0.2, 0.25) is 0 Å². The van der Waals surface area contributed by atoms with Crippen LogP contribution in [-0.4, -0.2) is 9.78 Å². The molecule has 0 saturated carbocycles. The number of nitrogens with zero attached hydrogens (tertiary/aromatic N) is 2. The molecule has 0 N–H and O–H groups in total. The third-order valence-corrected chi connectivity index (χ3v) is 2.52. The molecule has 12 heavy (non-hydrogen) atoms. The van der Waals surface area contributed by atoms with Crippen LogP contribution in [0, 0.1) is 5.41 Å². The number of aromatic nitrogens is 2. The van der Waals surface area contributed by atoms with Crippen LogP contribution in [0.4, 0.5) is 0 Å². The standard InChI is InChI=1S/C10H18N2/c1-8(10(2,3)4)9-6-11-12(5)7-9/h6-8H,1-5H3. The second-order valence-electron chi connectivity index (χ2n) is 4.54. The fourth-order valence-electron chi connectivity index (χ4n) is 1.16. The third kappa shape index (κ3) is 1.87. The largest absolute Gasteiger partial charge is 0.276 e. The second-order valence-corrected chi connectivity index (χ2v) is 4.54. The van der Waals surface area contributed by atoms with Crippen molar-refractivity contribution in [2.75, 3.05) is 0 Å². The van der Waals surface area contributed by atoms with Crippen molar-refractivity contribution in [1.29, 1.82) is 0 Å². The van der Waals surface area contributed by atoms with Crippen molar-refractivity contribution in [3.63, 3.8) is 0 Å². The zero-order valence-corrected chi connectivity index (χ0v) is 8.63. The fraction of sp³-hybridized carbons (Fsp3) is 0.700. The highest BCUT2D eigenvalue weighted by atomic mass is 15.2. The fourth-order valence-corrected chi connectivity index (χ4v) is 1.16. The van der Waals surface area contributed by atoms with E-state index in [1.165, 1.54) is 5.56 Å². The number of hydrogen-bond donors (Lipinski definition) is 0. The van der Waals surface area contributed by atoms with Gasteiger partial charge in [0.25, 0.3) is 0 Å². The molecule has 0 amide bonds. The smallest absolute Gasteiger partial charge is 0.0524 e. The van der Waals surface area contributed by atoms with Crippen LogP contribution >= 0.6 is 0 Å². The van der Waals surface area contributed by atoms with Gasteiger partial charge in [-0.15, -0.1) is 0 Å². The summed E-state index contributed by atoms with van der Waals surface area (Å²) in [5.74, 6) is 0.561. The van der Waals surface area contributed by atoms with Crippen LogP contribution in [0.1, 0.15) is 39.2 Å². The molecule has 1 rings (SSSR count). The van der Waals surface area contributed by atoms with Crippen LogP contribution in [0.15, 0.2) is 12.4 Å².